The normalized spacial score (nSPS) is 10.8. The Labute approximate surface area is 130 Å². The average Bonchev–Trinajstić information content (AvgIpc) is 2.06. The number of carbonyl (C=O) groups is 1. The van der Waals surface area contributed by atoms with Crippen LogP contribution in [0.1, 0.15) is 10.4 Å². The van der Waals surface area contributed by atoms with Crippen LogP contribution < -0.4 is 62.6 Å². The first-order valence-corrected chi connectivity index (χ1v) is 3.72. The summed E-state index contributed by atoms with van der Waals surface area (Å²) in [6, 6.07) is 0.0671. The molecule has 0 fully saturated rings. The summed E-state index contributed by atoms with van der Waals surface area (Å²) >= 11 is 0. The Balaban J connectivity index is 0.00000225. The number of nitrogens with two attached hydrogens (primary N) is 1. The summed E-state index contributed by atoms with van der Waals surface area (Å²) in [6.07, 6.45) is 0. The van der Waals surface area contributed by atoms with E-state index >= 15 is 0 Å². The van der Waals surface area contributed by atoms with E-state index in [0.717, 1.165) is 0 Å². The van der Waals surface area contributed by atoms with Crippen LogP contribution in [0, 0.1) is 11.6 Å². The van der Waals surface area contributed by atoms with E-state index in [0.29, 0.717) is 0 Å². The van der Waals surface area contributed by atoms with E-state index in [9.17, 15) is 26.5 Å². The summed E-state index contributed by atoms with van der Waals surface area (Å²) in [6.45, 7) is -5.65. The fourth-order valence-electron chi connectivity index (χ4n) is 1.00. The summed E-state index contributed by atoms with van der Waals surface area (Å²) in [4.78, 5) is 10.5. The van der Waals surface area contributed by atoms with Crippen molar-refractivity contribution in [2.75, 3.05) is 0 Å². The van der Waals surface area contributed by atoms with Crippen molar-refractivity contribution in [1.29, 1.82) is 0 Å². The molecule has 0 heterocycles. The van der Waals surface area contributed by atoms with Gasteiger partial charge >= 0.3 is 58.4 Å². The summed E-state index contributed by atoms with van der Waals surface area (Å²) < 4.78 is 62.0. The Bertz CT molecular complexity index is 422. The minimum absolute atomic E-state index is 0. The number of primary amides is 1. The van der Waals surface area contributed by atoms with E-state index in [-0.39, 0.29) is 63.5 Å². The maximum Gasteiger partial charge on any atom is 1.00 e. The van der Waals surface area contributed by atoms with Gasteiger partial charge in [-0.1, -0.05) is 5.46 Å². The molecule has 0 spiro atoms. The van der Waals surface area contributed by atoms with Crippen LogP contribution in [-0.2, 0) is 0 Å². The van der Waals surface area contributed by atoms with E-state index in [1.807, 2.05) is 0 Å². The van der Waals surface area contributed by atoms with Crippen LogP contribution in [0.15, 0.2) is 12.1 Å². The van der Waals surface area contributed by atoms with Gasteiger partial charge in [0.05, 0.1) is 11.4 Å². The number of hydrogen-bond acceptors (Lipinski definition) is 1. The van der Waals surface area contributed by atoms with E-state index in [2.05, 4.69) is 5.73 Å². The Morgan fingerprint density at radius 1 is 1.12 bits per heavy atom. The van der Waals surface area contributed by atoms with Crippen molar-refractivity contribution in [3.8, 4) is 0 Å². The van der Waals surface area contributed by atoms with Gasteiger partial charge in [0.2, 0.25) is 0 Å². The maximum atomic E-state index is 12.9. The molecule has 16 heavy (non-hydrogen) atoms. The zero-order chi connectivity index (χ0) is 11.8. The van der Waals surface area contributed by atoms with Gasteiger partial charge in [0, 0.05) is 0 Å². The summed E-state index contributed by atoms with van der Waals surface area (Å²) in [5.41, 5.74) is 2.00. The van der Waals surface area contributed by atoms with Crippen LogP contribution in [0.25, 0.3) is 0 Å². The Kier molecular flexibility index (Phi) is 5.60. The van der Waals surface area contributed by atoms with Crippen molar-refractivity contribution in [3.05, 3.63) is 29.3 Å². The number of benzene rings is 1. The third-order valence-corrected chi connectivity index (χ3v) is 1.70. The van der Waals surface area contributed by atoms with Gasteiger partial charge in [-0.15, -0.1) is 0 Å². The monoisotopic (exact) mass is 263 g/mol. The van der Waals surface area contributed by atoms with Crippen LogP contribution in [0.3, 0.4) is 0 Å². The first kappa shape index (κ1) is 16.0. The molecular formula is C7H4BF5KNO. The van der Waals surface area contributed by atoms with Crippen molar-refractivity contribution in [3.63, 3.8) is 0 Å². The Morgan fingerprint density at radius 2 is 1.62 bits per heavy atom. The number of rotatable bonds is 2. The minimum Gasteiger partial charge on any atom is -0.445 e. The Morgan fingerprint density at radius 3 is 2.00 bits per heavy atom. The number of carbonyl (C=O) groups excluding carboxylic acids is 1. The second-order valence-electron chi connectivity index (χ2n) is 2.79. The van der Waals surface area contributed by atoms with Gasteiger partial charge in [-0.3, -0.25) is 4.79 Å². The van der Waals surface area contributed by atoms with E-state index in [1.165, 1.54) is 0 Å². The summed E-state index contributed by atoms with van der Waals surface area (Å²) in [5.74, 6) is -4.52. The molecule has 9 heteroatoms. The largest absolute Gasteiger partial charge is 1.00 e. The Hall–Kier alpha value is 0.0413. The van der Waals surface area contributed by atoms with Crippen LogP contribution in [-0.4, -0.2) is 12.9 Å². The molecule has 1 rings (SSSR count). The molecule has 0 aliphatic heterocycles. The second-order valence-corrected chi connectivity index (χ2v) is 2.79. The van der Waals surface area contributed by atoms with Gasteiger partial charge in [-0.05, 0) is 12.1 Å². The molecule has 1 aromatic rings. The quantitative estimate of drug-likeness (QED) is 0.492. The first-order chi connectivity index (χ1) is 6.73. The van der Waals surface area contributed by atoms with Gasteiger partial charge < -0.3 is 18.7 Å². The van der Waals surface area contributed by atoms with Crippen molar-refractivity contribution in [2.45, 2.75) is 0 Å². The van der Waals surface area contributed by atoms with Crippen molar-refractivity contribution >= 4 is 18.3 Å². The molecule has 0 aromatic heterocycles. The van der Waals surface area contributed by atoms with E-state index in [1.54, 1.807) is 0 Å². The number of halogens is 5. The maximum absolute atomic E-state index is 12.9. The molecule has 0 saturated heterocycles. The van der Waals surface area contributed by atoms with Gasteiger partial charge in [-0.25, -0.2) is 8.78 Å². The second kappa shape index (κ2) is 5.59. The smallest absolute Gasteiger partial charge is 0.445 e. The van der Waals surface area contributed by atoms with Crippen LogP contribution in [0.2, 0.25) is 0 Å². The number of hydrogen-bond donors (Lipinski definition) is 1. The van der Waals surface area contributed by atoms with Crippen LogP contribution in [0.5, 0.6) is 0 Å². The predicted molar refractivity (Wildman–Crippen MR) is 43.6 cm³/mol. The number of amides is 1. The van der Waals surface area contributed by atoms with Crippen molar-refractivity contribution in [2.24, 2.45) is 5.73 Å². The average molecular weight is 263 g/mol. The molecule has 1 aromatic carbocycles. The van der Waals surface area contributed by atoms with E-state index < -0.39 is 35.5 Å². The molecule has 1 amide bonds. The van der Waals surface area contributed by atoms with Crippen molar-refractivity contribution in [1.82, 2.24) is 0 Å². The molecule has 2 nitrogen and oxygen atoms in total. The summed E-state index contributed by atoms with van der Waals surface area (Å²) in [5, 5.41) is 0. The fourth-order valence-corrected chi connectivity index (χ4v) is 1.00. The van der Waals surface area contributed by atoms with Crippen molar-refractivity contribution < 1.29 is 77.9 Å². The molecule has 0 aliphatic carbocycles. The molecule has 0 bridgehead atoms. The molecule has 82 valence electrons. The fraction of sp³-hybridized carbons (Fsp3) is 0. The third-order valence-electron chi connectivity index (χ3n) is 1.70. The molecule has 0 saturated carbocycles. The molecule has 0 unspecified atom stereocenters. The molecule has 2 N–H and O–H groups in total. The standard InChI is InChI=1S/C7H4BF5NO.K/c9-5-2-4(8(11,12)13)6(10)1-3(5)7(14)15;/h1-2H,(H2,14,15);/q-1;+1. The van der Waals surface area contributed by atoms with Gasteiger partial charge in [0.15, 0.2) is 0 Å². The first-order valence-electron chi connectivity index (χ1n) is 3.72. The SMILES string of the molecule is NC(=O)c1cc(F)c([B-](F)(F)F)cc1F.[K+]. The summed E-state index contributed by atoms with van der Waals surface area (Å²) in [7, 11) is 0. The molecule has 0 atom stereocenters. The molecule has 0 aliphatic rings. The molecular weight excluding hydrogens is 259 g/mol. The minimum atomic E-state index is -5.65. The van der Waals surface area contributed by atoms with E-state index in [4.69, 9.17) is 0 Å². The van der Waals surface area contributed by atoms with Gasteiger partial charge in [0.25, 0.3) is 5.91 Å². The van der Waals surface area contributed by atoms with Crippen LogP contribution >= 0.6 is 0 Å². The topological polar surface area (TPSA) is 43.1 Å². The third kappa shape index (κ3) is 3.52. The molecule has 0 radical (unpaired) electrons. The van der Waals surface area contributed by atoms with Gasteiger partial charge in [0.1, 0.15) is 5.82 Å². The zero-order valence-electron chi connectivity index (χ0n) is 8.11. The van der Waals surface area contributed by atoms with Crippen LogP contribution in [0.4, 0.5) is 21.7 Å². The van der Waals surface area contributed by atoms with Gasteiger partial charge in [-0.2, -0.15) is 0 Å². The zero-order valence-corrected chi connectivity index (χ0v) is 11.2. The predicted octanol–water partition coefficient (Wildman–Crippen LogP) is -1.88.